The zero-order chi connectivity index (χ0) is 12.0. The first-order valence-electron chi connectivity index (χ1n) is 4.78. The van der Waals surface area contributed by atoms with Crippen LogP contribution in [0.5, 0.6) is 5.75 Å². The molecule has 0 spiro atoms. The molecule has 1 rings (SSSR count). The molecule has 88 valence electrons. The van der Waals surface area contributed by atoms with Crippen molar-refractivity contribution in [2.24, 2.45) is 0 Å². The van der Waals surface area contributed by atoms with Crippen LogP contribution < -0.4 is 4.74 Å². The van der Waals surface area contributed by atoms with Crippen molar-refractivity contribution in [3.63, 3.8) is 0 Å². The van der Waals surface area contributed by atoms with Gasteiger partial charge in [-0.25, -0.2) is 4.79 Å². The summed E-state index contributed by atoms with van der Waals surface area (Å²) in [6.45, 7) is 2.13. The maximum atomic E-state index is 11.3. The van der Waals surface area contributed by atoms with Gasteiger partial charge in [0.05, 0.1) is 12.2 Å². The summed E-state index contributed by atoms with van der Waals surface area (Å²) in [6.07, 6.45) is 0. The molecule has 0 radical (unpaired) electrons. The highest BCUT2D eigenvalue weighted by Gasteiger charge is 2.07. The standard InChI is InChI=1S/C11H13BrO4/c1-3-15-10(13)8-4-6-9(7-5-8)16-11(12)14-2/h4-7,11H,3H2,1-2H3. The number of ether oxygens (including phenoxy) is 3. The number of hydrogen-bond donors (Lipinski definition) is 0. The lowest BCUT2D eigenvalue weighted by Gasteiger charge is -2.10. The Labute approximate surface area is 103 Å². The Bertz CT molecular complexity index is 336. The molecule has 1 aromatic rings. The Morgan fingerprint density at radius 3 is 2.50 bits per heavy atom. The molecular formula is C11H13BrO4. The highest BCUT2D eigenvalue weighted by Crippen LogP contribution is 2.16. The Morgan fingerprint density at radius 1 is 1.38 bits per heavy atom. The number of esters is 1. The predicted molar refractivity (Wildman–Crippen MR) is 62.8 cm³/mol. The van der Waals surface area contributed by atoms with E-state index in [0.29, 0.717) is 17.9 Å². The highest BCUT2D eigenvalue weighted by molar-refractivity contribution is 9.09. The van der Waals surface area contributed by atoms with Crippen molar-refractivity contribution >= 4 is 21.9 Å². The van der Waals surface area contributed by atoms with E-state index in [4.69, 9.17) is 14.2 Å². The van der Waals surface area contributed by atoms with Crippen molar-refractivity contribution in [2.45, 2.75) is 12.1 Å². The summed E-state index contributed by atoms with van der Waals surface area (Å²) in [6, 6.07) is 6.64. The summed E-state index contributed by atoms with van der Waals surface area (Å²) >= 11 is 3.15. The second-order valence-corrected chi connectivity index (χ2v) is 3.62. The lowest BCUT2D eigenvalue weighted by atomic mass is 10.2. The van der Waals surface area contributed by atoms with E-state index in [1.165, 1.54) is 7.11 Å². The average Bonchev–Trinajstić information content (AvgIpc) is 2.30. The zero-order valence-corrected chi connectivity index (χ0v) is 10.7. The number of benzene rings is 1. The number of carbonyl (C=O) groups is 1. The first-order chi connectivity index (χ1) is 7.67. The average molecular weight is 289 g/mol. The van der Waals surface area contributed by atoms with Gasteiger partial charge in [0.2, 0.25) is 0 Å². The molecule has 5 heteroatoms. The van der Waals surface area contributed by atoms with Crippen LogP contribution in [-0.2, 0) is 9.47 Å². The fourth-order valence-electron chi connectivity index (χ4n) is 1.04. The molecule has 1 unspecified atom stereocenters. The maximum absolute atomic E-state index is 11.3. The zero-order valence-electron chi connectivity index (χ0n) is 9.10. The summed E-state index contributed by atoms with van der Waals surface area (Å²) in [5.74, 6) is 0.271. The van der Waals surface area contributed by atoms with Crippen LogP contribution in [0.2, 0.25) is 0 Å². The Hall–Kier alpha value is -1.07. The highest BCUT2D eigenvalue weighted by atomic mass is 79.9. The fourth-order valence-corrected chi connectivity index (χ4v) is 1.25. The fraction of sp³-hybridized carbons (Fsp3) is 0.364. The van der Waals surface area contributed by atoms with Crippen LogP contribution in [0, 0.1) is 0 Å². The molecule has 0 bridgehead atoms. The minimum absolute atomic E-state index is 0.337. The van der Waals surface area contributed by atoms with Gasteiger partial charge in [0.15, 0.2) is 0 Å². The predicted octanol–water partition coefficient (Wildman–Crippen LogP) is 2.57. The number of halogens is 1. The Balaban J connectivity index is 2.64. The summed E-state index contributed by atoms with van der Waals surface area (Å²) < 4.78 is 15.0. The van der Waals surface area contributed by atoms with E-state index in [9.17, 15) is 4.79 Å². The number of hydrogen-bond acceptors (Lipinski definition) is 4. The minimum atomic E-state index is -0.499. The molecule has 1 atom stereocenters. The molecule has 0 fully saturated rings. The summed E-state index contributed by atoms with van der Waals surface area (Å²) in [5.41, 5.74) is 0.498. The molecule has 0 N–H and O–H groups in total. The molecule has 1 aromatic carbocycles. The smallest absolute Gasteiger partial charge is 0.338 e. The van der Waals surface area contributed by atoms with E-state index in [1.54, 1.807) is 31.2 Å². The first-order valence-corrected chi connectivity index (χ1v) is 5.69. The van der Waals surface area contributed by atoms with E-state index in [2.05, 4.69) is 15.9 Å². The summed E-state index contributed by atoms with van der Waals surface area (Å²) in [4.78, 5) is 11.3. The van der Waals surface area contributed by atoms with Crippen molar-refractivity contribution in [3.05, 3.63) is 29.8 Å². The quantitative estimate of drug-likeness (QED) is 0.475. The van der Waals surface area contributed by atoms with Crippen molar-refractivity contribution < 1.29 is 19.0 Å². The van der Waals surface area contributed by atoms with Gasteiger partial charge in [-0.3, -0.25) is 0 Å². The normalized spacial score (nSPS) is 11.9. The van der Waals surface area contributed by atoms with Crippen LogP contribution in [-0.4, -0.2) is 24.9 Å². The van der Waals surface area contributed by atoms with Gasteiger partial charge in [0, 0.05) is 7.11 Å². The van der Waals surface area contributed by atoms with Gasteiger partial charge >= 0.3 is 5.97 Å². The molecule has 0 aromatic heterocycles. The number of rotatable bonds is 5. The third-order valence-corrected chi connectivity index (χ3v) is 2.34. The molecule has 0 saturated heterocycles. The van der Waals surface area contributed by atoms with Crippen molar-refractivity contribution in [1.29, 1.82) is 0 Å². The number of methoxy groups -OCH3 is 1. The van der Waals surface area contributed by atoms with Gasteiger partial charge in [0.1, 0.15) is 5.75 Å². The third kappa shape index (κ3) is 3.83. The van der Waals surface area contributed by atoms with Crippen LogP contribution >= 0.6 is 15.9 Å². The SMILES string of the molecule is CCOC(=O)c1ccc(OC(Br)OC)cc1. The van der Waals surface area contributed by atoms with Crippen molar-refractivity contribution in [3.8, 4) is 5.75 Å². The van der Waals surface area contributed by atoms with Gasteiger partial charge in [-0.2, -0.15) is 0 Å². The number of alkyl halides is 1. The minimum Gasteiger partial charge on any atom is -0.462 e. The summed E-state index contributed by atoms with van der Waals surface area (Å²) in [7, 11) is 1.52. The molecule has 0 aliphatic heterocycles. The van der Waals surface area contributed by atoms with E-state index in [1.807, 2.05) is 0 Å². The monoisotopic (exact) mass is 288 g/mol. The van der Waals surface area contributed by atoms with Gasteiger partial charge in [-0.15, -0.1) is 0 Å². The topological polar surface area (TPSA) is 44.8 Å². The molecule has 0 aliphatic rings. The van der Waals surface area contributed by atoms with Crippen LogP contribution in [0.3, 0.4) is 0 Å². The van der Waals surface area contributed by atoms with Crippen LogP contribution in [0.4, 0.5) is 0 Å². The van der Waals surface area contributed by atoms with E-state index in [0.717, 1.165) is 0 Å². The van der Waals surface area contributed by atoms with Gasteiger partial charge < -0.3 is 14.2 Å². The molecule has 16 heavy (non-hydrogen) atoms. The second-order valence-electron chi connectivity index (χ2n) is 2.87. The van der Waals surface area contributed by atoms with Crippen molar-refractivity contribution in [2.75, 3.05) is 13.7 Å². The molecule has 4 nitrogen and oxygen atoms in total. The maximum Gasteiger partial charge on any atom is 0.338 e. The van der Waals surface area contributed by atoms with Gasteiger partial charge in [-0.05, 0) is 47.1 Å². The molecular weight excluding hydrogens is 276 g/mol. The Morgan fingerprint density at radius 2 is 2.00 bits per heavy atom. The summed E-state index contributed by atoms with van der Waals surface area (Å²) in [5, 5.41) is -0.499. The van der Waals surface area contributed by atoms with E-state index >= 15 is 0 Å². The van der Waals surface area contributed by atoms with E-state index in [-0.39, 0.29) is 5.97 Å². The third-order valence-electron chi connectivity index (χ3n) is 1.78. The molecule has 0 amide bonds. The molecule has 0 heterocycles. The lowest BCUT2D eigenvalue weighted by Crippen LogP contribution is -2.10. The second kappa shape index (κ2) is 6.50. The van der Waals surface area contributed by atoms with Crippen LogP contribution in [0.1, 0.15) is 17.3 Å². The number of carbonyl (C=O) groups excluding carboxylic acids is 1. The van der Waals surface area contributed by atoms with Crippen LogP contribution in [0.15, 0.2) is 24.3 Å². The molecule has 0 aliphatic carbocycles. The van der Waals surface area contributed by atoms with E-state index < -0.39 is 5.20 Å². The van der Waals surface area contributed by atoms with Gasteiger partial charge in [-0.1, -0.05) is 0 Å². The van der Waals surface area contributed by atoms with Crippen molar-refractivity contribution in [1.82, 2.24) is 0 Å². The van der Waals surface area contributed by atoms with Crippen LogP contribution in [0.25, 0.3) is 0 Å². The Kier molecular flexibility index (Phi) is 5.28. The largest absolute Gasteiger partial charge is 0.462 e. The first kappa shape index (κ1) is 13.0. The van der Waals surface area contributed by atoms with Gasteiger partial charge in [0.25, 0.3) is 5.20 Å². The molecule has 0 saturated carbocycles. The lowest BCUT2D eigenvalue weighted by molar-refractivity contribution is 0.0242.